The number of aryl methyl sites for hydroxylation is 1. The molecule has 0 aliphatic carbocycles. The molecule has 2 atom stereocenters. The minimum absolute atomic E-state index is 0.337. The maximum absolute atomic E-state index is 6.24. The lowest BCUT2D eigenvalue weighted by molar-refractivity contribution is -0.0199. The summed E-state index contributed by atoms with van der Waals surface area (Å²) in [5.74, 6) is 0.801. The number of rotatable bonds is 14. The van der Waals surface area contributed by atoms with Gasteiger partial charge in [0.2, 0.25) is 0 Å². The third kappa shape index (κ3) is 9.28. The molecule has 1 heterocycles. The molecular formula is C26H44O. The third-order valence-corrected chi connectivity index (χ3v) is 6.26. The molecule has 0 N–H and O–H groups in total. The summed E-state index contributed by atoms with van der Waals surface area (Å²) < 4.78 is 6.24. The van der Waals surface area contributed by atoms with Gasteiger partial charge >= 0.3 is 0 Å². The molecule has 0 bridgehead atoms. The Kier molecular flexibility index (Phi) is 11.8. The second-order valence-corrected chi connectivity index (χ2v) is 8.73. The van der Waals surface area contributed by atoms with Crippen molar-refractivity contribution in [3.8, 4) is 0 Å². The Bertz CT molecular complexity index is 456. The summed E-state index contributed by atoms with van der Waals surface area (Å²) in [6.45, 7) is 5.54. The molecule has 2 rings (SSSR count). The van der Waals surface area contributed by atoms with Gasteiger partial charge in [0.25, 0.3) is 0 Å². The summed E-state index contributed by atoms with van der Waals surface area (Å²) in [6.07, 6.45) is 20.7. The first-order valence-corrected chi connectivity index (χ1v) is 12.0. The second-order valence-electron chi connectivity index (χ2n) is 8.73. The van der Waals surface area contributed by atoms with Crippen LogP contribution in [0.1, 0.15) is 121 Å². The van der Waals surface area contributed by atoms with Gasteiger partial charge in [-0.3, -0.25) is 0 Å². The van der Waals surface area contributed by atoms with Crippen LogP contribution in [0.2, 0.25) is 0 Å². The van der Waals surface area contributed by atoms with Crippen molar-refractivity contribution in [1.29, 1.82) is 0 Å². The highest BCUT2D eigenvalue weighted by Crippen LogP contribution is 2.33. The molecule has 1 nitrogen and oxygen atoms in total. The molecule has 1 aromatic rings. The van der Waals surface area contributed by atoms with Crippen molar-refractivity contribution >= 4 is 0 Å². The Morgan fingerprint density at radius 3 is 2.00 bits per heavy atom. The normalized spacial score (nSPS) is 20.1. The number of benzene rings is 1. The number of hydrogen-bond donors (Lipinski definition) is 0. The number of hydrogen-bond acceptors (Lipinski definition) is 1. The van der Waals surface area contributed by atoms with Crippen LogP contribution in [0.3, 0.4) is 0 Å². The zero-order valence-electron chi connectivity index (χ0n) is 18.2. The highest BCUT2D eigenvalue weighted by Gasteiger charge is 2.22. The Morgan fingerprint density at radius 2 is 1.37 bits per heavy atom. The Balaban J connectivity index is 1.59. The van der Waals surface area contributed by atoms with Crippen molar-refractivity contribution in [3.05, 3.63) is 35.4 Å². The quantitative estimate of drug-likeness (QED) is 0.298. The van der Waals surface area contributed by atoms with Crippen LogP contribution in [0.15, 0.2) is 24.3 Å². The average molecular weight is 373 g/mol. The molecule has 0 aromatic heterocycles. The van der Waals surface area contributed by atoms with Crippen molar-refractivity contribution in [1.82, 2.24) is 0 Å². The van der Waals surface area contributed by atoms with Crippen LogP contribution in [0.5, 0.6) is 0 Å². The monoisotopic (exact) mass is 372 g/mol. The molecule has 154 valence electrons. The van der Waals surface area contributed by atoms with Crippen molar-refractivity contribution in [2.24, 2.45) is 5.92 Å². The van der Waals surface area contributed by atoms with Crippen molar-refractivity contribution in [3.63, 3.8) is 0 Å². The first-order chi connectivity index (χ1) is 13.3. The fourth-order valence-electron chi connectivity index (χ4n) is 4.34. The van der Waals surface area contributed by atoms with Gasteiger partial charge in [-0.25, -0.2) is 0 Å². The molecule has 1 aliphatic rings. The molecule has 0 saturated carbocycles. The van der Waals surface area contributed by atoms with Crippen LogP contribution in [-0.4, -0.2) is 6.61 Å². The highest BCUT2D eigenvalue weighted by molar-refractivity contribution is 5.24. The third-order valence-electron chi connectivity index (χ3n) is 6.26. The average Bonchev–Trinajstić information content (AvgIpc) is 2.71. The van der Waals surface area contributed by atoms with Gasteiger partial charge in [-0.2, -0.15) is 0 Å². The highest BCUT2D eigenvalue weighted by atomic mass is 16.5. The van der Waals surface area contributed by atoms with Gasteiger partial charge in [0.05, 0.1) is 12.7 Å². The van der Waals surface area contributed by atoms with Gasteiger partial charge in [0, 0.05) is 0 Å². The van der Waals surface area contributed by atoms with E-state index >= 15 is 0 Å². The summed E-state index contributed by atoms with van der Waals surface area (Å²) in [7, 11) is 0. The van der Waals surface area contributed by atoms with E-state index in [0.29, 0.717) is 6.10 Å². The smallest absolute Gasteiger partial charge is 0.0825 e. The maximum atomic E-state index is 6.24. The lowest BCUT2D eigenvalue weighted by Gasteiger charge is -2.29. The molecule has 1 fully saturated rings. The van der Waals surface area contributed by atoms with E-state index in [-0.39, 0.29) is 0 Å². The van der Waals surface area contributed by atoms with Gasteiger partial charge < -0.3 is 4.74 Å². The van der Waals surface area contributed by atoms with Gasteiger partial charge in [0.1, 0.15) is 0 Å². The number of unbranched alkanes of at least 4 members (excludes halogenated alkanes) is 9. The van der Waals surface area contributed by atoms with E-state index in [2.05, 4.69) is 38.1 Å². The van der Waals surface area contributed by atoms with Crippen LogP contribution in [0.4, 0.5) is 0 Å². The molecule has 1 heteroatoms. The fraction of sp³-hybridized carbons (Fsp3) is 0.769. The number of ether oxygens (including phenoxy) is 1. The van der Waals surface area contributed by atoms with E-state index < -0.39 is 0 Å². The lowest BCUT2D eigenvalue weighted by Crippen LogP contribution is -2.20. The molecule has 0 spiro atoms. The summed E-state index contributed by atoms with van der Waals surface area (Å²) in [4.78, 5) is 0. The molecule has 1 aliphatic heterocycles. The van der Waals surface area contributed by atoms with Crippen molar-refractivity contribution in [2.75, 3.05) is 6.61 Å². The molecular weight excluding hydrogens is 328 g/mol. The van der Waals surface area contributed by atoms with E-state index in [9.17, 15) is 0 Å². The summed E-state index contributed by atoms with van der Waals surface area (Å²) >= 11 is 0. The summed E-state index contributed by atoms with van der Waals surface area (Å²) in [5.41, 5.74) is 2.88. The van der Waals surface area contributed by atoms with Crippen molar-refractivity contribution in [2.45, 2.75) is 116 Å². The van der Waals surface area contributed by atoms with Crippen LogP contribution < -0.4 is 0 Å². The van der Waals surface area contributed by atoms with Crippen LogP contribution in [0.25, 0.3) is 0 Å². The van der Waals surface area contributed by atoms with E-state index in [1.54, 1.807) is 0 Å². The zero-order chi connectivity index (χ0) is 19.2. The topological polar surface area (TPSA) is 9.23 Å². The van der Waals surface area contributed by atoms with Crippen molar-refractivity contribution < 1.29 is 4.74 Å². The standard InChI is InChI=1S/C26H44O/c1-3-5-7-9-11-13-15-24-18-21-26(27-22-24)25-19-16-23(17-20-25)14-12-10-8-6-4-2/h16-17,19-20,24,26H,3-15,18,21-22H2,1-2H3. The first kappa shape index (κ1) is 22.5. The summed E-state index contributed by atoms with van der Waals surface area (Å²) in [5, 5.41) is 0. The lowest BCUT2D eigenvalue weighted by atomic mass is 9.90. The Hall–Kier alpha value is -0.820. The molecule has 1 aromatic carbocycles. The fourth-order valence-corrected chi connectivity index (χ4v) is 4.34. The SMILES string of the molecule is CCCCCCCCC1CCC(c2ccc(CCCCCCC)cc2)OC1. The van der Waals surface area contributed by atoms with Crippen LogP contribution in [0, 0.1) is 5.92 Å². The van der Waals surface area contributed by atoms with E-state index in [4.69, 9.17) is 4.74 Å². The first-order valence-electron chi connectivity index (χ1n) is 12.0. The molecule has 0 radical (unpaired) electrons. The summed E-state index contributed by atoms with van der Waals surface area (Å²) in [6, 6.07) is 9.31. The largest absolute Gasteiger partial charge is 0.373 e. The van der Waals surface area contributed by atoms with Gasteiger partial charge in [-0.05, 0) is 49.1 Å². The van der Waals surface area contributed by atoms with Gasteiger partial charge in [-0.15, -0.1) is 0 Å². The minimum atomic E-state index is 0.337. The molecule has 1 saturated heterocycles. The van der Waals surface area contributed by atoms with Gasteiger partial charge in [0.15, 0.2) is 0 Å². The Labute approximate surface area is 169 Å². The minimum Gasteiger partial charge on any atom is -0.373 e. The van der Waals surface area contributed by atoms with E-state index in [1.165, 1.54) is 107 Å². The van der Waals surface area contributed by atoms with E-state index in [1.807, 2.05) is 0 Å². The van der Waals surface area contributed by atoms with Gasteiger partial charge in [-0.1, -0.05) is 102 Å². The second kappa shape index (κ2) is 14.2. The zero-order valence-corrected chi connectivity index (χ0v) is 18.2. The predicted molar refractivity (Wildman–Crippen MR) is 118 cm³/mol. The predicted octanol–water partition coefficient (Wildman–Crippen LogP) is 8.42. The maximum Gasteiger partial charge on any atom is 0.0825 e. The molecule has 0 amide bonds. The van der Waals surface area contributed by atoms with E-state index in [0.717, 1.165) is 12.5 Å². The van der Waals surface area contributed by atoms with Crippen LogP contribution in [-0.2, 0) is 11.2 Å². The molecule has 27 heavy (non-hydrogen) atoms. The molecule has 2 unspecified atom stereocenters. The Morgan fingerprint density at radius 1 is 0.741 bits per heavy atom. The van der Waals surface area contributed by atoms with Crippen LogP contribution >= 0.6 is 0 Å².